The van der Waals surface area contributed by atoms with Crippen LogP contribution >= 0.6 is 0 Å². The van der Waals surface area contributed by atoms with Gasteiger partial charge < -0.3 is 4.42 Å². The molecule has 18 heavy (non-hydrogen) atoms. The van der Waals surface area contributed by atoms with E-state index in [1.807, 2.05) is 24.5 Å². The van der Waals surface area contributed by atoms with Gasteiger partial charge >= 0.3 is 0 Å². The number of furan rings is 1. The van der Waals surface area contributed by atoms with Crippen molar-refractivity contribution in [1.82, 2.24) is 10.9 Å². The molecule has 4 heteroatoms. The largest absolute Gasteiger partial charge is 0.464 e. The standard InChI is InChI=1S/C14H18N2O2/c1-15-16-14(17)9-5-2-6-11-10-18-13-8-4-3-7-12(11)13/h3-4,7-8,10,15H,2,5-6,9H2,1H3,(H,16,17). The van der Waals surface area contributed by atoms with Crippen LogP contribution in [0.2, 0.25) is 0 Å². The SMILES string of the molecule is CNNC(=O)CCCCc1coc2ccccc12. The topological polar surface area (TPSA) is 54.3 Å². The summed E-state index contributed by atoms with van der Waals surface area (Å²) in [6.45, 7) is 0. The van der Waals surface area contributed by atoms with E-state index in [4.69, 9.17) is 4.42 Å². The van der Waals surface area contributed by atoms with Gasteiger partial charge in [-0.25, -0.2) is 5.43 Å². The van der Waals surface area contributed by atoms with Crippen molar-refractivity contribution < 1.29 is 9.21 Å². The summed E-state index contributed by atoms with van der Waals surface area (Å²) in [5, 5.41) is 1.18. The van der Waals surface area contributed by atoms with Gasteiger partial charge in [0, 0.05) is 18.9 Å². The van der Waals surface area contributed by atoms with Gasteiger partial charge in [-0.15, -0.1) is 0 Å². The Morgan fingerprint density at radius 1 is 1.28 bits per heavy atom. The second-order valence-corrected chi connectivity index (χ2v) is 4.26. The summed E-state index contributed by atoms with van der Waals surface area (Å²) in [5.41, 5.74) is 7.35. The quantitative estimate of drug-likeness (QED) is 0.608. The van der Waals surface area contributed by atoms with Crippen LogP contribution in [0.4, 0.5) is 0 Å². The van der Waals surface area contributed by atoms with Gasteiger partial charge in [0.2, 0.25) is 5.91 Å². The smallest absolute Gasteiger partial charge is 0.234 e. The lowest BCUT2D eigenvalue weighted by Crippen LogP contribution is -2.33. The zero-order chi connectivity index (χ0) is 12.8. The lowest BCUT2D eigenvalue weighted by Gasteiger charge is -2.02. The molecule has 0 radical (unpaired) electrons. The van der Waals surface area contributed by atoms with Gasteiger partial charge in [-0.05, 0) is 30.9 Å². The van der Waals surface area contributed by atoms with E-state index in [1.165, 1.54) is 10.9 Å². The van der Waals surface area contributed by atoms with E-state index in [0.717, 1.165) is 24.8 Å². The Kier molecular flexibility index (Phi) is 4.36. The molecule has 0 fully saturated rings. The number of nitrogens with one attached hydrogen (secondary N) is 2. The molecule has 0 aliphatic heterocycles. The van der Waals surface area contributed by atoms with Crippen molar-refractivity contribution in [2.24, 2.45) is 0 Å². The molecular formula is C14H18N2O2. The molecule has 1 heterocycles. The number of hydrazine groups is 1. The Hall–Kier alpha value is -1.81. The number of rotatable bonds is 6. The molecule has 0 saturated carbocycles. The molecule has 2 aromatic rings. The van der Waals surface area contributed by atoms with E-state index in [2.05, 4.69) is 16.9 Å². The molecular weight excluding hydrogens is 228 g/mol. The highest BCUT2D eigenvalue weighted by Gasteiger charge is 2.05. The third-order valence-corrected chi connectivity index (χ3v) is 2.93. The zero-order valence-corrected chi connectivity index (χ0v) is 10.5. The third kappa shape index (κ3) is 3.11. The van der Waals surface area contributed by atoms with Crippen LogP contribution in [0.15, 0.2) is 34.9 Å². The van der Waals surface area contributed by atoms with Crippen LogP contribution in [0.25, 0.3) is 11.0 Å². The molecule has 0 saturated heterocycles. The van der Waals surface area contributed by atoms with Crippen molar-refractivity contribution >= 4 is 16.9 Å². The number of fused-ring (bicyclic) bond motifs is 1. The van der Waals surface area contributed by atoms with Gasteiger partial charge in [0.25, 0.3) is 0 Å². The van der Waals surface area contributed by atoms with Crippen molar-refractivity contribution in [3.63, 3.8) is 0 Å². The zero-order valence-electron chi connectivity index (χ0n) is 10.5. The van der Waals surface area contributed by atoms with Gasteiger partial charge in [0.1, 0.15) is 5.58 Å². The van der Waals surface area contributed by atoms with Gasteiger partial charge in [0.15, 0.2) is 0 Å². The predicted molar refractivity (Wildman–Crippen MR) is 71.0 cm³/mol. The number of amides is 1. The Morgan fingerprint density at radius 2 is 2.11 bits per heavy atom. The van der Waals surface area contributed by atoms with Crippen LogP contribution in [-0.2, 0) is 11.2 Å². The minimum Gasteiger partial charge on any atom is -0.464 e. The van der Waals surface area contributed by atoms with E-state index in [1.54, 1.807) is 7.05 Å². The van der Waals surface area contributed by atoms with E-state index < -0.39 is 0 Å². The fourth-order valence-electron chi connectivity index (χ4n) is 2.03. The maximum atomic E-state index is 11.2. The Bertz CT molecular complexity index is 519. The number of unbranched alkanes of at least 4 members (excludes halogenated alkanes) is 1. The summed E-state index contributed by atoms with van der Waals surface area (Å²) >= 11 is 0. The summed E-state index contributed by atoms with van der Waals surface area (Å²) in [6, 6.07) is 8.03. The molecule has 96 valence electrons. The van der Waals surface area contributed by atoms with Crippen LogP contribution in [0, 0.1) is 0 Å². The summed E-state index contributed by atoms with van der Waals surface area (Å²) in [4.78, 5) is 11.2. The van der Waals surface area contributed by atoms with Crippen LogP contribution in [0.3, 0.4) is 0 Å². The first-order valence-corrected chi connectivity index (χ1v) is 6.22. The molecule has 0 spiro atoms. The monoisotopic (exact) mass is 246 g/mol. The lowest BCUT2D eigenvalue weighted by molar-refractivity contribution is -0.122. The second-order valence-electron chi connectivity index (χ2n) is 4.26. The van der Waals surface area contributed by atoms with Gasteiger partial charge in [0.05, 0.1) is 6.26 Å². The lowest BCUT2D eigenvalue weighted by atomic mass is 10.1. The third-order valence-electron chi connectivity index (χ3n) is 2.93. The highest BCUT2D eigenvalue weighted by atomic mass is 16.3. The van der Waals surface area contributed by atoms with Gasteiger partial charge in [-0.3, -0.25) is 10.2 Å². The van der Waals surface area contributed by atoms with E-state index in [0.29, 0.717) is 6.42 Å². The molecule has 1 aromatic carbocycles. The average molecular weight is 246 g/mol. The summed E-state index contributed by atoms with van der Waals surface area (Å²) in [5.74, 6) is 0.0366. The maximum Gasteiger partial charge on any atom is 0.234 e. The van der Waals surface area contributed by atoms with Crippen molar-refractivity contribution in [1.29, 1.82) is 0 Å². The molecule has 0 unspecified atom stereocenters. The summed E-state index contributed by atoms with van der Waals surface area (Å²) in [7, 11) is 1.69. The second kappa shape index (κ2) is 6.21. The molecule has 1 amide bonds. The van der Waals surface area contributed by atoms with Gasteiger partial charge in [-0.1, -0.05) is 18.2 Å². The fraction of sp³-hybridized carbons (Fsp3) is 0.357. The number of carbonyl (C=O) groups excluding carboxylic acids is 1. The number of carbonyl (C=O) groups is 1. The molecule has 4 nitrogen and oxygen atoms in total. The number of benzene rings is 1. The first-order valence-electron chi connectivity index (χ1n) is 6.22. The Balaban J connectivity index is 1.82. The molecule has 0 aliphatic carbocycles. The molecule has 0 aliphatic rings. The number of aryl methyl sites for hydroxylation is 1. The normalized spacial score (nSPS) is 10.7. The van der Waals surface area contributed by atoms with Crippen molar-refractivity contribution in [2.45, 2.75) is 25.7 Å². The van der Waals surface area contributed by atoms with Gasteiger partial charge in [-0.2, -0.15) is 0 Å². The number of hydrogen-bond acceptors (Lipinski definition) is 3. The predicted octanol–water partition coefficient (Wildman–Crippen LogP) is 2.40. The van der Waals surface area contributed by atoms with E-state index in [9.17, 15) is 4.79 Å². The Labute approximate surface area is 106 Å². The molecule has 0 bridgehead atoms. The first-order chi connectivity index (χ1) is 8.81. The van der Waals surface area contributed by atoms with Crippen LogP contribution in [0.1, 0.15) is 24.8 Å². The first kappa shape index (κ1) is 12.6. The van der Waals surface area contributed by atoms with Crippen LogP contribution in [0.5, 0.6) is 0 Å². The highest BCUT2D eigenvalue weighted by molar-refractivity contribution is 5.80. The summed E-state index contributed by atoms with van der Waals surface area (Å²) < 4.78 is 5.48. The van der Waals surface area contributed by atoms with Crippen molar-refractivity contribution in [3.05, 3.63) is 36.1 Å². The van der Waals surface area contributed by atoms with Crippen molar-refractivity contribution in [2.75, 3.05) is 7.05 Å². The van der Waals surface area contributed by atoms with E-state index >= 15 is 0 Å². The molecule has 0 atom stereocenters. The average Bonchev–Trinajstić information content (AvgIpc) is 2.78. The van der Waals surface area contributed by atoms with Crippen LogP contribution < -0.4 is 10.9 Å². The van der Waals surface area contributed by atoms with Crippen molar-refractivity contribution in [3.8, 4) is 0 Å². The minimum atomic E-state index is 0.0366. The Morgan fingerprint density at radius 3 is 2.94 bits per heavy atom. The number of para-hydroxylation sites is 1. The maximum absolute atomic E-state index is 11.2. The molecule has 2 rings (SSSR count). The fourth-order valence-corrected chi connectivity index (χ4v) is 2.03. The highest BCUT2D eigenvalue weighted by Crippen LogP contribution is 2.22. The molecule has 1 aromatic heterocycles. The van der Waals surface area contributed by atoms with E-state index in [-0.39, 0.29) is 5.91 Å². The minimum absolute atomic E-state index is 0.0366. The number of hydrogen-bond donors (Lipinski definition) is 2. The summed E-state index contributed by atoms with van der Waals surface area (Å²) in [6.07, 6.45) is 5.19. The van der Waals surface area contributed by atoms with Crippen LogP contribution in [-0.4, -0.2) is 13.0 Å². The molecule has 2 N–H and O–H groups in total.